The van der Waals surface area contributed by atoms with Crippen LogP contribution in [0.2, 0.25) is 0 Å². The van der Waals surface area contributed by atoms with Crippen LogP contribution in [0, 0.1) is 5.92 Å². The van der Waals surface area contributed by atoms with Gasteiger partial charge in [0.2, 0.25) is 0 Å². The Morgan fingerprint density at radius 3 is 2.72 bits per heavy atom. The van der Waals surface area contributed by atoms with Crippen molar-refractivity contribution < 1.29 is 0 Å². The van der Waals surface area contributed by atoms with Gasteiger partial charge in [0.05, 0.1) is 0 Å². The van der Waals surface area contributed by atoms with Crippen molar-refractivity contribution in [3.63, 3.8) is 0 Å². The van der Waals surface area contributed by atoms with Crippen molar-refractivity contribution in [2.45, 2.75) is 64.0 Å². The van der Waals surface area contributed by atoms with Crippen LogP contribution in [-0.4, -0.2) is 6.04 Å². The van der Waals surface area contributed by atoms with Crippen LogP contribution in [-0.2, 0) is 0 Å². The van der Waals surface area contributed by atoms with Gasteiger partial charge in [-0.15, -0.1) is 0 Å². The van der Waals surface area contributed by atoms with Gasteiger partial charge in [-0.2, -0.15) is 0 Å². The van der Waals surface area contributed by atoms with E-state index in [1.165, 1.54) is 32.1 Å². The number of fused-ring (bicyclic) bond motifs is 1. The Balaban J connectivity index is 1.69. The Kier molecular flexibility index (Phi) is 3.43. The van der Waals surface area contributed by atoms with Gasteiger partial charge in [-0.1, -0.05) is 44.5 Å². The molecule has 2 aliphatic carbocycles. The average molecular weight is 243 g/mol. The van der Waals surface area contributed by atoms with Crippen LogP contribution >= 0.6 is 0 Å². The predicted molar refractivity (Wildman–Crippen MR) is 76.8 cm³/mol. The van der Waals surface area contributed by atoms with Gasteiger partial charge >= 0.3 is 0 Å². The second kappa shape index (κ2) is 5.05. The number of nitrogens with one attached hydrogen (secondary N) is 1. The standard InChI is InChI=1S/C17H25N/c1-3-6-13-11-17(13)18-16-10-9-12(2)14-7-4-5-8-15(14)16/h4-5,7-8,12-13,16-18H,3,6,9-11H2,1-2H3. The van der Waals surface area contributed by atoms with Crippen LogP contribution in [0.1, 0.15) is 69.0 Å². The van der Waals surface area contributed by atoms with E-state index in [0.29, 0.717) is 6.04 Å². The zero-order valence-electron chi connectivity index (χ0n) is 11.7. The summed E-state index contributed by atoms with van der Waals surface area (Å²) in [6.07, 6.45) is 6.79. The highest BCUT2D eigenvalue weighted by Gasteiger charge is 2.38. The van der Waals surface area contributed by atoms with Crippen molar-refractivity contribution in [2.24, 2.45) is 5.92 Å². The Bertz CT molecular complexity index is 412. The summed E-state index contributed by atoms with van der Waals surface area (Å²) >= 11 is 0. The van der Waals surface area contributed by atoms with Gasteiger partial charge in [0.1, 0.15) is 0 Å². The van der Waals surface area contributed by atoms with Crippen LogP contribution in [0.25, 0.3) is 0 Å². The van der Waals surface area contributed by atoms with E-state index in [9.17, 15) is 0 Å². The largest absolute Gasteiger partial charge is 0.307 e. The fourth-order valence-corrected chi connectivity index (χ4v) is 3.58. The van der Waals surface area contributed by atoms with Crippen molar-refractivity contribution in [3.05, 3.63) is 35.4 Å². The molecule has 0 spiro atoms. The summed E-state index contributed by atoms with van der Waals surface area (Å²) in [5.41, 5.74) is 3.15. The van der Waals surface area contributed by atoms with Gasteiger partial charge in [0.15, 0.2) is 0 Å². The maximum absolute atomic E-state index is 3.90. The lowest BCUT2D eigenvalue weighted by atomic mass is 9.81. The van der Waals surface area contributed by atoms with Crippen LogP contribution in [0.5, 0.6) is 0 Å². The van der Waals surface area contributed by atoms with E-state index in [1.54, 1.807) is 11.1 Å². The minimum atomic E-state index is 0.615. The molecule has 1 saturated carbocycles. The molecule has 4 unspecified atom stereocenters. The van der Waals surface area contributed by atoms with Crippen LogP contribution in [0.3, 0.4) is 0 Å². The molecule has 4 atom stereocenters. The monoisotopic (exact) mass is 243 g/mol. The van der Waals surface area contributed by atoms with E-state index in [0.717, 1.165) is 17.9 Å². The van der Waals surface area contributed by atoms with Crippen LogP contribution < -0.4 is 5.32 Å². The number of hydrogen-bond acceptors (Lipinski definition) is 1. The maximum atomic E-state index is 3.90. The van der Waals surface area contributed by atoms with Gasteiger partial charge in [0, 0.05) is 12.1 Å². The minimum absolute atomic E-state index is 0.615. The highest BCUT2D eigenvalue weighted by atomic mass is 15.0. The molecule has 0 heterocycles. The van der Waals surface area contributed by atoms with Crippen molar-refractivity contribution >= 4 is 0 Å². The highest BCUT2D eigenvalue weighted by molar-refractivity contribution is 5.35. The van der Waals surface area contributed by atoms with E-state index in [4.69, 9.17) is 0 Å². The highest BCUT2D eigenvalue weighted by Crippen LogP contribution is 2.41. The van der Waals surface area contributed by atoms with E-state index < -0.39 is 0 Å². The fourth-order valence-electron chi connectivity index (χ4n) is 3.58. The Hall–Kier alpha value is -0.820. The molecule has 0 radical (unpaired) electrons. The molecular formula is C17H25N. The van der Waals surface area contributed by atoms with Crippen molar-refractivity contribution in [2.75, 3.05) is 0 Å². The number of benzene rings is 1. The average Bonchev–Trinajstić information content (AvgIpc) is 3.12. The SMILES string of the molecule is CCCC1CC1NC1CCC(C)c2ccccc21. The van der Waals surface area contributed by atoms with Gasteiger partial charge in [-0.05, 0) is 48.6 Å². The Morgan fingerprint density at radius 2 is 1.94 bits per heavy atom. The maximum Gasteiger partial charge on any atom is 0.0325 e. The van der Waals surface area contributed by atoms with Crippen LogP contribution in [0.4, 0.5) is 0 Å². The normalized spacial score (nSPS) is 34.1. The molecule has 1 heteroatoms. The molecule has 0 aliphatic heterocycles. The quantitative estimate of drug-likeness (QED) is 0.826. The van der Waals surface area contributed by atoms with Crippen molar-refractivity contribution in [3.8, 4) is 0 Å². The molecule has 3 rings (SSSR count). The molecule has 1 N–H and O–H groups in total. The van der Waals surface area contributed by atoms with E-state index in [1.807, 2.05) is 0 Å². The Morgan fingerprint density at radius 1 is 1.17 bits per heavy atom. The number of rotatable bonds is 4. The Labute approximate surface area is 111 Å². The first-order chi connectivity index (χ1) is 8.79. The molecule has 0 saturated heterocycles. The van der Waals surface area contributed by atoms with Gasteiger partial charge in [-0.3, -0.25) is 0 Å². The van der Waals surface area contributed by atoms with Crippen LogP contribution in [0.15, 0.2) is 24.3 Å². The molecule has 1 fully saturated rings. The summed E-state index contributed by atoms with van der Waals surface area (Å²) in [6.45, 7) is 4.67. The predicted octanol–water partition coefficient (Wildman–Crippen LogP) is 4.40. The first kappa shape index (κ1) is 12.2. The summed E-state index contributed by atoms with van der Waals surface area (Å²) in [5.74, 6) is 1.70. The number of hydrogen-bond donors (Lipinski definition) is 1. The van der Waals surface area contributed by atoms with E-state index in [2.05, 4.69) is 43.4 Å². The summed E-state index contributed by atoms with van der Waals surface area (Å²) in [4.78, 5) is 0. The molecule has 1 nitrogen and oxygen atoms in total. The van der Waals surface area contributed by atoms with E-state index in [-0.39, 0.29) is 0 Å². The lowest BCUT2D eigenvalue weighted by Crippen LogP contribution is -2.28. The summed E-state index contributed by atoms with van der Waals surface area (Å²) in [7, 11) is 0. The first-order valence-corrected chi connectivity index (χ1v) is 7.64. The zero-order valence-corrected chi connectivity index (χ0v) is 11.7. The summed E-state index contributed by atoms with van der Waals surface area (Å²) < 4.78 is 0. The molecule has 0 amide bonds. The topological polar surface area (TPSA) is 12.0 Å². The second-order valence-electron chi connectivity index (χ2n) is 6.22. The summed E-state index contributed by atoms with van der Waals surface area (Å²) in [6, 6.07) is 10.5. The molecule has 2 aliphatic rings. The van der Waals surface area contributed by atoms with Gasteiger partial charge < -0.3 is 5.32 Å². The molecule has 0 bridgehead atoms. The molecule has 18 heavy (non-hydrogen) atoms. The molecule has 1 aromatic rings. The lowest BCUT2D eigenvalue weighted by Gasteiger charge is -2.30. The smallest absolute Gasteiger partial charge is 0.0325 e. The fraction of sp³-hybridized carbons (Fsp3) is 0.647. The summed E-state index contributed by atoms with van der Waals surface area (Å²) in [5, 5.41) is 3.90. The third-order valence-corrected chi connectivity index (χ3v) is 4.79. The third-order valence-electron chi connectivity index (χ3n) is 4.79. The van der Waals surface area contributed by atoms with Crippen molar-refractivity contribution in [1.82, 2.24) is 5.32 Å². The second-order valence-corrected chi connectivity index (χ2v) is 6.22. The van der Waals surface area contributed by atoms with Gasteiger partial charge in [-0.25, -0.2) is 0 Å². The van der Waals surface area contributed by atoms with Gasteiger partial charge in [0.25, 0.3) is 0 Å². The van der Waals surface area contributed by atoms with Crippen molar-refractivity contribution in [1.29, 1.82) is 0 Å². The molecule has 1 aromatic carbocycles. The lowest BCUT2D eigenvalue weighted by molar-refractivity contribution is 0.418. The molecule has 98 valence electrons. The molecular weight excluding hydrogens is 218 g/mol. The third kappa shape index (κ3) is 2.33. The van der Waals surface area contributed by atoms with E-state index >= 15 is 0 Å². The zero-order chi connectivity index (χ0) is 12.5. The minimum Gasteiger partial charge on any atom is -0.307 e. The first-order valence-electron chi connectivity index (χ1n) is 7.64. The molecule has 0 aromatic heterocycles.